The molecule has 0 radical (unpaired) electrons. The Morgan fingerprint density at radius 3 is 2.36 bits per heavy atom. The molecule has 1 amide bonds. The lowest BCUT2D eigenvalue weighted by Crippen LogP contribution is -2.34. The van der Waals surface area contributed by atoms with Gasteiger partial charge in [0.25, 0.3) is 0 Å². The topological polar surface area (TPSA) is 35.6 Å². The first-order valence-electron chi connectivity index (χ1n) is 10.3. The van der Waals surface area contributed by atoms with Crippen molar-refractivity contribution in [3.05, 3.63) is 48.5 Å². The molecular formula is C23H29N3OS. The van der Waals surface area contributed by atoms with Crippen LogP contribution in [0, 0.1) is 5.92 Å². The van der Waals surface area contributed by atoms with Crippen molar-refractivity contribution < 1.29 is 4.79 Å². The summed E-state index contributed by atoms with van der Waals surface area (Å²) in [6.07, 6.45) is 1.69. The van der Waals surface area contributed by atoms with Gasteiger partial charge in [-0.25, -0.2) is 0 Å². The van der Waals surface area contributed by atoms with Crippen molar-refractivity contribution >= 4 is 29.0 Å². The number of anilines is 2. The van der Waals surface area contributed by atoms with Crippen LogP contribution in [-0.4, -0.2) is 43.0 Å². The smallest absolute Gasteiger partial charge is 0.221 e. The van der Waals surface area contributed by atoms with Gasteiger partial charge in [-0.1, -0.05) is 36.0 Å². The fourth-order valence-corrected chi connectivity index (χ4v) is 5.18. The number of likely N-dealkylation sites (tertiary alicyclic amines) is 1. The van der Waals surface area contributed by atoms with E-state index in [0.29, 0.717) is 24.9 Å². The Morgan fingerprint density at radius 2 is 1.75 bits per heavy atom. The number of hydrogen-bond acceptors (Lipinski definition) is 4. The van der Waals surface area contributed by atoms with E-state index in [-0.39, 0.29) is 5.91 Å². The summed E-state index contributed by atoms with van der Waals surface area (Å²) in [5.41, 5.74) is 2.39. The Hall–Kier alpha value is -1.98. The SMILES string of the molecule is CC(C)N1CCC(CNC(=O)CCN2c3ccccc3Sc3ccccc32)C1. The molecule has 0 aromatic heterocycles. The summed E-state index contributed by atoms with van der Waals surface area (Å²) in [5.74, 6) is 0.732. The van der Waals surface area contributed by atoms with Crippen LogP contribution in [0.2, 0.25) is 0 Å². The van der Waals surface area contributed by atoms with Gasteiger partial charge in [0, 0.05) is 41.9 Å². The largest absolute Gasteiger partial charge is 0.356 e. The molecule has 2 aromatic rings. The highest BCUT2D eigenvalue weighted by molar-refractivity contribution is 7.99. The van der Waals surface area contributed by atoms with Crippen molar-refractivity contribution in [2.45, 2.75) is 42.5 Å². The standard InChI is InChI=1S/C23H29N3OS/c1-17(2)25-13-11-18(16-25)15-24-23(27)12-14-26-19-7-3-5-9-21(19)28-22-10-6-4-8-20(22)26/h3-10,17-18H,11-16H2,1-2H3,(H,24,27). The number of nitrogens with one attached hydrogen (secondary N) is 1. The first-order valence-corrected chi connectivity index (χ1v) is 11.1. The molecule has 2 aliphatic heterocycles. The van der Waals surface area contributed by atoms with Gasteiger partial charge in [-0.2, -0.15) is 0 Å². The Labute approximate surface area is 172 Å². The molecule has 0 bridgehead atoms. The average Bonchev–Trinajstić information content (AvgIpc) is 3.19. The molecule has 4 rings (SSSR count). The van der Waals surface area contributed by atoms with E-state index in [2.05, 4.69) is 77.5 Å². The van der Waals surface area contributed by atoms with E-state index in [1.54, 1.807) is 11.8 Å². The van der Waals surface area contributed by atoms with Crippen LogP contribution < -0.4 is 10.2 Å². The molecule has 1 unspecified atom stereocenters. The summed E-state index contributed by atoms with van der Waals surface area (Å²) in [6.45, 7) is 8.23. The zero-order valence-electron chi connectivity index (χ0n) is 16.7. The van der Waals surface area contributed by atoms with E-state index in [9.17, 15) is 4.79 Å². The molecule has 28 heavy (non-hydrogen) atoms. The lowest BCUT2D eigenvalue weighted by atomic mass is 10.1. The van der Waals surface area contributed by atoms with Crippen LogP contribution >= 0.6 is 11.8 Å². The fraction of sp³-hybridized carbons (Fsp3) is 0.435. The lowest BCUT2D eigenvalue weighted by molar-refractivity contribution is -0.121. The van der Waals surface area contributed by atoms with E-state index in [1.165, 1.54) is 27.6 Å². The van der Waals surface area contributed by atoms with Gasteiger partial charge in [0.05, 0.1) is 11.4 Å². The third-order valence-electron chi connectivity index (χ3n) is 5.73. The molecule has 2 aromatic carbocycles. The Kier molecular flexibility index (Phi) is 5.93. The number of benzene rings is 2. The molecule has 1 saturated heterocycles. The molecule has 2 aliphatic rings. The van der Waals surface area contributed by atoms with Crippen molar-refractivity contribution in [2.24, 2.45) is 5.92 Å². The molecular weight excluding hydrogens is 366 g/mol. The summed E-state index contributed by atoms with van der Waals surface area (Å²) in [4.78, 5) is 19.8. The van der Waals surface area contributed by atoms with Crippen molar-refractivity contribution in [1.29, 1.82) is 0 Å². The molecule has 5 heteroatoms. The second kappa shape index (κ2) is 8.58. The number of rotatable bonds is 6. The zero-order valence-corrected chi connectivity index (χ0v) is 17.5. The maximum atomic E-state index is 12.5. The first-order chi connectivity index (χ1) is 13.6. The van der Waals surface area contributed by atoms with Crippen molar-refractivity contribution in [2.75, 3.05) is 31.1 Å². The van der Waals surface area contributed by atoms with Gasteiger partial charge in [0.1, 0.15) is 0 Å². The lowest BCUT2D eigenvalue weighted by Gasteiger charge is -2.32. The molecule has 4 nitrogen and oxygen atoms in total. The highest BCUT2D eigenvalue weighted by Crippen LogP contribution is 2.47. The number of carbonyl (C=O) groups is 1. The molecule has 148 valence electrons. The number of hydrogen-bond donors (Lipinski definition) is 1. The van der Waals surface area contributed by atoms with Gasteiger partial charge in [-0.05, 0) is 57.0 Å². The summed E-state index contributed by atoms with van der Waals surface area (Å²) < 4.78 is 0. The van der Waals surface area contributed by atoms with E-state index in [0.717, 1.165) is 19.6 Å². The van der Waals surface area contributed by atoms with Crippen LogP contribution in [0.25, 0.3) is 0 Å². The highest BCUT2D eigenvalue weighted by atomic mass is 32.2. The number of carbonyl (C=O) groups excluding carboxylic acids is 1. The van der Waals surface area contributed by atoms with Gasteiger partial charge in [0.15, 0.2) is 0 Å². The van der Waals surface area contributed by atoms with E-state index in [4.69, 9.17) is 0 Å². The van der Waals surface area contributed by atoms with Gasteiger partial charge >= 0.3 is 0 Å². The van der Waals surface area contributed by atoms with Crippen LogP contribution in [0.4, 0.5) is 11.4 Å². The summed E-state index contributed by atoms with van der Waals surface area (Å²) in [5, 5.41) is 3.17. The summed E-state index contributed by atoms with van der Waals surface area (Å²) >= 11 is 1.80. The van der Waals surface area contributed by atoms with Gasteiger partial charge in [-0.3, -0.25) is 4.79 Å². The minimum absolute atomic E-state index is 0.149. The minimum atomic E-state index is 0.149. The van der Waals surface area contributed by atoms with Crippen LogP contribution in [0.3, 0.4) is 0 Å². The normalized spacial score (nSPS) is 18.8. The Bertz CT molecular complexity index is 793. The molecule has 2 heterocycles. The average molecular weight is 396 g/mol. The Balaban J connectivity index is 1.35. The summed E-state index contributed by atoms with van der Waals surface area (Å²) in [6, 6.07) is 17.5. The van der Waals surface area contributed by atoms with E-state index < -0.39 is 0 Å². The third-order valence-corrected chi connectivity index (χ3v) is 6.86. The van der Waals surface area contributed by atoms with Gasteiger partial charge in [0.2, 0.25) is 5.91 Å². The quantitative estimate of drug-likeness (QED) is 0.780. The van der Waals surface area contributed by atoms with Crippen molar-refractivity contribution in [1.82, 2.24) is 10.2 Å². The molecule has 1 fully saturated rings. The molecule has 0 spiro atoms. The first kappa shape index (κ1) is 19.3. The van der Waals surface area contributed by atoms with E-state index >= 15 is 0 Å². The second-order valence-electron chi connectivity index (χ2n) is 7.99. The highest BCUT2D eigenvalue weighted by Gasteiger charge is 2.25. The monoisotopic (exact) mass is 395 g/mol. The van der Waals surface area contributed by atoms with Crippen molar-refractivity contribution in [3.63, 3.8) is 0 Å². The predicted octanol–water partition coefficient (Wildman–Crippen LogP) is 4.53. The Morgan fingerprint density at radius 1 is 1.11 bits per heavy atom. The maximum absolute atomic E-state index is 12.5. The van der Waals surface area contributed by atoms with Crippen LogP contribution in [0.1, 0.15) is 26.7 Å². The molecule has 0 aliphatic carbocycles. The molecule has 1 N–H and O–H groups in total. The third kappa shape index (κ3) is 4.20. The fourth-order valence-electron chi connectivity index (χ4n) is 4.08. The van der Waals surface area contributed by atoms with Crippen molar-refractivity contribution in [3.8, 4) is 0 Å². The van der Waals surface area contributed by atoms with Crippen LogP contribution in [-0.2, 0) is 4.79 Å². The van der Waals surface area contributed by atoms with Crippen LogP contribution in [0.5, 0.6) is 0 Å². The number of nitrogens with zero attached hydrogens (tertiary/aromatic N) is 2. The minimum Gasteiger partial charge on any atom is -0.356 e. The maximum Gasteiger partial charge on any atom is 0.221 e. The summed E-state index contributed by atoms with van der Waals surface area (Å²) in [7, 11) is 0. The molecule has 1 atom stereocenters. The van der Waals surface area contributed by atoms with E-state index in [1.807, 2.05) is 0 Å². The van der Waals surface area contributed by atoms with Gasteiger partial charge in [-0.15, -0.1) is 0 Å². The predicted molar refractivity (Wildman–Crippen MR) is 116 cm³/mol. The number of amides is 1. The van der Waals surface area contributed by atoms with Crippen LogP contribution in [0.15, 0.2) is 58.3 Å². The number of para-hydroxylation sites is 2. The molecule has 0 saturated carbocycles. The second-order valence-corrected chi connectivity index (χ2v) is 9.07. The van der Waals surface area contributed by atoms with Gasteiger partial charge < -0.3 is 15.1 Å². The number of fused-ring (bicyclic) bond motifs is 2. The zero-order chi connectivity index (χ0) is 19.5.